The first kappa shape index (κ1) is 16.2. The molecular weight excluding hydrogens is 308 g/mol. The zero-order valence-electron chi connectivity index (χ0n) is 12.3. The van der Waals surface area contributed by atoms with Gasteiger partial charge >= 0.3 is 5.97 Å². The maximum atomic E-state index is 10.4. The van der Waals surface area contributed by atoms with Gasteiger partial charge in [0.1, 0.15) is 15.8 Å². The number of hydrogen-bond donors (Lipinski definition) is 1. The van der Waals surface area contributed by atoms with Gasteiger partial charge in [0.25, 0.3) is 0 Å². The first-order chi connectivity index (χ1) is 9.99. The van der Waals surface area contributed by atoms with Crippen molar-refractivity contribution >= 4 is 39.1 Å². The van der Waals surface area contributed by atoms with E-state index >= 15 is 0 Å². The summed E-state index contributed by atoms with van der Waals surface area (Å²) in [5, 5.41) is 10.1. The van der Waals surface area contributed by atoms with Gasteiger partial charge in [0.15, 0.2) is 0 Å². The SMILES string of the molecule is Cc1sc2nc(CCCCCCC(=O)O)nc(Cl)c2c1C. The Labute approximate surface area is 133 Å². The quantitative estimate of drug-likeness (QED) is 0.599. The second-order valence-corrected chi connectivity index (χ2v) is 6.76. The minimum Gasteiger partial charge on any atom is -0.481 e. The van der Waals surface area contributed by atoms with Gasteiger partial charge in [-0.3, -0.25) is 4.79 Å². The molecular formula is C15H19ClN2O2S. The molecule has 0 aliphatic heterocycles. The largest absolute Gasteiger partial charge is 0.481 e. The maximum Gasteiger partial charge on any atom is 0.303 e. The van der Waals surface area contributed by atoms with Crippen LogP contribution in [0, 0.1) is 13.8 Å². The molecule has 0 unspecified atom stereocenters. The number of carboxylic acids is 1. The number of unbranched alkanes of at least 4 members (excludes halogenated alkanes) is 3. The number of thiophene rings is 1. The van der Waals surface area contributed by atoms with Crippen molar-refractivity contribution in [2.75, 3.05) is 0 Å². The Balaban J connectivity index is 1.92. The topological polar surface area (TPSA) is 63.1 Å². The Kier molecular flexibility index (Phi) is 5.53. The maximum absolute atomic E-state index is 10.4. The molecule has 2 rings (SSSR count). The average molecular weight is 327 g/mol. The standard InChI is InChI=1S/C15H19ClN2O2S/c1-9-10(2)21-15-13(9)14(16)17-11(18-15)7-5-3-4-6-8-12(19)20/h3-8H2,1-2H3,(H,19,20). The number of rotatable bonds is 7. The van der Waals surface area contributed by atoms with Crippen molar-refractivity contribution in [1.29, 1.82) is 0 Å². The summed E-state index contributed by atoms with van der Waals surface area (Å²) in [4.78, 5) is 21.6. The monoisotopic (exact) mass is 326 g/mol. The molecule has 114 valence electrons. The molecule has 4 nitrogen and oxygen atoms in total. The number of fused-ring (bicyclic) bond motifs is 1. The molecule has 0 aromatic carbocycles. The zero-order chi connectivity index (χ0) is 15.4. The Morgan fingerprint density at radius 2 is 1.90 bits per heavy atom. The molecule has 0 saturated heterocycles. The fourth-order valence-corrected chi connectivity index (χ4v) is 3.70. The van der Waals surface area contributed by atoms with Gasteiger partial charge in [-0.15, -0.1) is 11.3 Å². The molecule has 0 spiro atoms. The predicted octanol–water partition coefficient (Wildman–Crippen LogP) is 4.54. The third kappa shape index (κ3) is 4.14. The lowest BCUT2D eigenvalue weighted by Crippen LogP contribution is -1.97. The molecule has 0 radical (unpaired) electrons. The Morgan fingerprint density at radius 1 is 1.19 bits per heavy atom. The first-order valence-electron chi connectivity index (χ1n) is 7.13. The minimum atomic E-state index is -0.723. The summed E-state index contributed by atoms with van der Waals surface area (Å²) in [6.07, 6.45) is 4.67. The second-order valence-electron chi connectivity index (χ2n) is 5.20. The molecule has 2 heterocycles. The van der Waals surface area contributed by atoms with Crippen LogP contribution in [0.25, 0.3) is 10.2 Å². The van der Waals surface area contributed by atoms with E-state index in [1.165, 1.54) is 10.4 Å². The molecule has 0 saturated carbocycles. The summed E-state index contributed by atoms with van der Waals surface area (Å²) < 4.78 is 0. The van der Waals surface area contributed by atoms with Crippen LogP contribution in [0.15, 0.2) is 0 Å². The third-order valence-corrected chi connectivity index (χ3v) is 4.95. The van der Waals surface area contributed by atoms with E-state index < -0.39 is 5.97 Å². The van der Waals surface area contributed by atoms with Crippen LogP contribution in [0.3, 0.4) is 0 Å². The Bertz CT molecular complexity index is 655. The van der Waals surface area contributed by atoms with Crippen LogP contribution < -0.4 is 0 Å². The highest BCUT2D eigenvalue weighted by molar-refractivity contribution is 7.18. The molecule has 0 fully saturated rings. The summed E-state index contributed by atoms with van der Waals surface area (Å²) in [5.74, 6) is 0.0611. The number of hydrogen-bond acceptors (Lipinski definition) is 4. The van der Waals surface area contributed by atoms with E-state index in [4.69, 9.17) is 16.7 Å². The van der Waals surface area contributed by atoms with Gasteiger partial charge in [-0.2, -0.15) is 0 Å². The zero-order valence-corrected chi connectivity index (χ0v) is 13.9. The molecule has 21 heavy (non-hydrogen) atoms. The number of halogens is 1. The van der Waals surface area contributed by atoms with Gasteiger partial charge in [0.05, 0.1) is 5.39 Å². The van der Waals surface area contributed by atoms with E-state index in [-0.39, 0.29) is 6.42 Å². The molecule has 0 amide bonds. The van der Waals surface area contributed by atoms with Gasteiger partial charge in [0, 0.05) is 17.7 Å². The van der Waals surface area contributed by atoms with E-state index in [1.807, 2.05) is 6.92 Å². The molecule has 2 aromatic heterocycles. The lowest BCUT2D eigenvalue weighted by atomic mass is 10.1. The van der Waals surface area contributed by atoms with Crippen molar-refractivity contribution in [3.05, 3.63) is 21.4 Å². The molecule has 0 atom stereocenters. The van der Waals surface area contributed by atoms with Crippen molar-refractivity contribution in [2.45, 2.75) is 52.4 Å². The van der Waals surface area contributed by atoms with E-state index in [2.05, 4.69) is 16.9 Å². The van der Waals surface area contributed by atoms with E-state index in [1.54, 1.807) is 11.3 Å². The summed E-state index contributed by atoms with van der Waals surface area (Å²) in [5.41, 5.74) is 1.17. The highest BCUT2D eigenvalue weighted by atomic mass is 35.5. The normalized spacial score (nSPS) is 11.2. The number of nitrogens with zero attached hydrogens (tertiary/aromatic N) is 2. The summed E-state index contributed by atoms with van der Waals surface area (Å²) >= 11 is 7.93. The van der Waals surface area contributed by atoms with Crippen LogP contribution in [0.1, 0.15) is 48.4 Å². The Hall–Kier alpha value is -1.20. The highest BCUT2D eigenvalue weighted by Crippen LogP contribution is 2.33. The first-order valence-corrected chi connectivity index (χ1v) is 8.32. The van der Waals surface area contributed by atoms with Crippen LogP contribution in [0.5, 0.6) is 0 Å². The van der Waals surface area contributed by atoms with E-state index in [0.717, 1.165) is 48.1 Å². The van der Waals surface area contributed by atoms with Crippen LogP contribution in [-0.4, -0.2) is 21.0 Å². The lowest BCUT2D eigenvalue weighted by Gasteiger charge is -2.02. The molecule has 6 heteroatoms. The van der Waals surface area contributed by atoms with Gasteiger partial charge in [-0.05, 0) is 32.3 Å². The Morgan fingerprint density at radius 3 is 2.62 bits per heavy atom. The van der Waals surface area contributed by atoms with Crippen molar-refractivity contribution in [2.24, 2.45) is 0 Å². The van der Waals surface area contributed by atoms with Crippen molar-refractivity contribution in [3.63, 3.8) is 0 Å². The van der Waals surface area contributed by atoms with Crippen molar-refractivity contribution in [1.82, 2.24) is 9.97 Å². The van der Waals surface area contributed by atoms with E-state index in [9.17, 15) is 4.79 Å². The van der Waals surface area contributed by atoms with Crippen LogP contribution in [0.2, 0.25) is 5.15 Å². The number of carbonyl (C=O) groups is 1. The van der Waals surface area contributed by atoms with Crippen LogP contribution in [-0.2, 0) is 11.2 Å². The second kappa shape index (κ2) is 7.18. The van der Waals surface area contributed by atoms with Crippen molar-refractivity contribution < 1.29 is 9.90 Å². The van der Waals surface area contributed by atoms with Gasteiger partial charge in [-0.1, -0.05) is 24.4 Å². The van der Waals surface area contributed by atoms with Crippen molar-refractivity contribution in [3.8, 4) is 0 Å². The summed E-state index contributed by atoms with van der Waals surface area (Å²) in [6, 6.07) is 0. The average Bonchev–Trinajstić information content (AvgIpc) is 2.69. The smallest absolute Gasteiger partial charge is 0.303 e. The van der Waals surface area contributed by atoms with Crippen LogP contribution in [0.4, 0.5) is 0 Å². The predicted molar refractivity (Wildman–Crippen MR) is 86.3 cm³/mol. The molecule has 0 aliphatic rings. The molecule has 1 N–H and O–H groups in total. The van der Waals surface area contributed by atoms with Gasteiger partial charge < -0.3 is 5.11 Å². The van der Waals surface area contributed by atoms with Gasteiger partial charge in [0.2, 0.25) is 0 Å². The summed E-state index contributed by atoms with van der Waals surface area (Å²) in [7, 11) is 0. The molecule has 0 bridgehead atoms. The number of aliphatic carboxylic acids is 1. The van der Waals surface area contributed by atoms with E-state index in [0.29, 0.717) is 5.15 Å². The number of carboxylic acid groups (broad SMARTS) is 1. The van der Waals surface area contributed by atoms with Gasteiger partial charge in [-0.25, -0.2) is 9.97 Å². The lowest BCUT2D eigenvalue weighted by molar-refractivity contribution is -0.137. The number of aromatic nitrogens is 2. The summed E-state index contributed by atoms with van der Waals surface area (Å²) in [6.45, 7) is 4.12. The fraction of sp³-hybridized carbons (Fsp3) is 0.533. The molecule has 2 aromatic rings. The third-order valence-electron chi connectivity index (χ3n) is 3.57. The molecule has 0 aliphatic carbocycles. The van der Waals surface area contributed by atoms with Crippen LogP contribution >= 0.6 is 22.9 Å². The fourth-order valence-electron chi connectivity index (χ4n) is 2.27. The number of aryl methyl sites for hydroxylation is 3. The minimum absolute atomic E-state index is 0.252. The highest BCUT2D eigenvalue weighted by Gasteiger charge is 2.12.